The van der Waals surface area contributed by atoms with Crippen molar-refractivity contribution in [2.75, 3.05) is 13.1 Å². The molecule has 0 radical (unpaired) electrons. The minimum absolute atomic E-state index is 0.205. The van der Waals surface area contributed by atoms with Crippen molar-refractivity contribution in [3.63, 3.8) is 0 Å². The molecule has 0 atom stereocenters. The van der Waals surface area contributed by atoms with Crippen molar-refractivity contribution in [1.82, 2.24) is 4.90 Å². The first-order chi connectivity index (χ1) is 9.11. The number of benzene rings is 1. The molecule has 0 amide bonds. The fourth-order valence-electron chi connectivity index (χ4n) is 2.37. The molecule has 1 fully saturated rings. The topological polar surface area (TPSA) is 53.1 Å². The first-order valence-corrected chi connectivity index (χ1v) is 6.96. The van der Waals surface area contributed by atoms with E-state index in [-0.39, 0.29) is 17.2 Å². The third-order valence-electron chi connectivity index (χ3n) is 3.52. The van der Waals surface area contributed by atoms with Crippen molar-refractivity contribution in [2.24, 2.45) is 11.7 Å². The lowest BCUT2D eigenvalue weighted by Crippen LogP contribution is -2.27. The van der Waals surface area contributed by atoms with Crippen LogP contribution in [-0.4, -0.2) is 23.8 Å². The number of nitrogens with one attached hydrogen (secondary N) is 1. The summed E-state index contributed by atoms with van der Waals surface area (Å²) >= 11 is 0. The largest absolute Gasteiger partial charge is 0.384 e. The molecule has 1 saturated carbocycles. The standard InChI is InChI=1S/C15H22FN3/c1-2-8-19(9-11-6-7-11)10-12-4-3-5-13(14(12)16)15(17)18/h3-5,11H,2,6-10H2,1H3,(H3,17,18). The number of nitrogens with zero attached hydrogens (tertiary/aromatic N) is 1. The minimum atomic E-state index is -0.341. The molecule has 1 aliphatic carbocycles. The highest BCUT2D eigenvalue weighted by atomic mass is 19.1. The van der Waals surface area contributed by atoms with Crippen molar-refractivity contribution in [3.05, 3.63) is 35.1 Å². The van der Waals surface area contributed by atoms with Crippen LogP contribution in [0.2, 0.25) is 0 Å². The Morgan fingerprint density at radius 2 is 2.21 bits per heavy atom. The predicted octanol–water partition coefficient (Wildman–Crippen LogP) is 2.73. The Labute approximate surface area is 114 Å². The van der Waals surface area contributed by atoms with Crippen molar-refractivity contribution < 1.29 is 4.39 Å². The SMILES string of the molecule is CCCN(Cc1cccc(C(=N)N)c1F)CC1CC1. The summed E-state index contributed by atoms with van der Waals surface area (Å²) in [5.74, 6) is 0.251. The number of nitrogens with two attached hydrogens (primary N) is 1. The highest BCUT2D eigenvalue weighted by molar-refractivity contribution is 5.95. The minimum Gasteiger partial charge on any atom is -0.384 e. The van der Waals surface area contributed by atoms with E-state index in [9.17, 15) is 4.39 Å². The number of hydrogen-bond acceptors (Lipinski definition) is 2. The maximum absolute atomic E-state index is 14.2. The van der Waals surface area contributed by atoms with Crippen LogP contribution >= 0.6 is 0 Å². The molecule has 0 spiro atoms. The molecule has 1 aromatic carbocycles. The molecular formula is C15H22FN3. The van der Waals surface area contributed by atoms with Crippen LogP contribution in [0.25, 0.3) is 0 Å². The number of hydrogen-bond donors (Lipinski definition) is 2. The second-order valence-electron chi connectivity index (χ2n) is 5.37. The van der Waals surface area contributed by atoms with E-state index < -0.39 is 0 Å². The molecule has 0 bridgehead atoms. The number of nitrogen functional groups attached to an aromatic ring is 1. The van der Waals surface area contributed by atoms with Gasteiger partial charge in [-0.25, -0.2) is 4.39 Å². The second kappa shape index (κ2) is 6.15. The van der Waals surface area contributed by atoms with E-state index in [2.05, 4.69) is 11.8 Å². The number of rotatable bonds is 7. The Morgan fingerprint density at radius 3 is 2.79 bits per heavy atom. The first kappa shape index (κ1) is 14.0. The van der Waals surface area contributed by atoms with Gasteiger partial charge in [-0.05, 0) is 37.8 Å². The maximum atomic E-state index is 14.2. The summed E-state index contributed by atoms with van der Waals surface area (Å²) < 4.78 is 14.2. The molecule has 1 aliphatic rings. The number of halogens is 1. The van der Waals surface area contributed by atoms with Crippen molar-refractivity contribution >= 4 is 5.84 Å². The van der Waals surface area contributed by atoms with Crippen LogP contribution in [0.5, 0.6) is 0 Å². The summed E-state index contributed by atoms with van der Waals surface area (Å²) in [4.78, 5) is 2.31. The van der Waals surface area contributed by atoms with Crippen molar-refractivity contribution in [2.45, 2.75) is 32.7 Å². The molecular weight excluding hydrogens is 241 g/mol. The van der Waals surface area contributed by atoms with Gasteiger partial charge in [-0.15, -0.1) is 0 Å². The van der Waals surface area contributed by atoms with Gasteiger partial charge < -0.3 is 5.73 Å². The van der Waals surface area contributed by atoms with E-state index >= 15 is 0 Å². The predicted molar refractivity (Wildman–Crippen MR) is 75.7 cm³/mol. The van der Waals surface area contributed by atoms with E-state index in [0.29, 0.717) is 12.1 Å². The van der Waals surface area contributed by atoms with Gasteiger partial charge in [-0.1, -0.05) is 19.1 Å². The first-order valence-electron chi connectivity index (χ1n) is 6.96. The van der Waals surface area contributed by atoms with Gasteiger partial charge >= 0.3 is 0 Å². The van der Waals surface area contributed by atoms with Crippen LogP contribution in [0.3, 0.4) is 0 Å². The van der Waals surface area contributed by atoms with Crippen LogP contribution in [0.4, 0.5) is 4.39 Å². The smallest absolute Gasteiger partial charge is 0.138 e. The Morgan fingerprint density at radius 1 is 1.47 bits per heavy atom. The van der Waals surface area contributed by atoms with Gasteiger partial charge in [0.15, 0.2) is 0 Å². The highest BCUT2D eigenvalue weighted by Crippen LogP contribution is 2.30. The van der Waals surface area contributed by atoms with Crippen LogP contribution in [-0.2, 0) is 6.54 Å². The molecule has 19 heavy (non-hydrogen) atoms. The van der Waals surface area contributed by atoms with Gasteiger partial charge in [0.2, 0.25) is 0 Å². The molecule has 2 rings (SSSR count). The zero-order chi connectivity index (χ0) is 13.8. The molecule has 3 N–H and O–H groups in total. The fourth-order valence-corrected chi connectivity index (χ4v) is 2.37. The molecule has 3 nitrogen and oxygen atoms in total. The van der Waals surface area contributed by atoms with Gasteiger partial charge in [0.05, 0.1) is 5.56 Å². The molecule has 0 saturated heterocycles. The van der Waals surface area contributed by atoms with Gasteiger partial charge in [-0.3, -0.25) is 10.3 Å². The summed E-state index contributed by atoms with van der Waals surface area (Å²) in [6, 6.07) is 5.12. The Balaban J connectivity index is 2.11. The third-order valence-corrected chi connectivity index (χ3v) is 3.52. The molecule has 0 aliphatic heterocycles. The van der Waals surface area contributed by atoms with Gasteiger partial charge in [0.1, 0.15) is 11.7 Å². The van der Waals surface area contributed by atoms with Crippen molar-refractivity contribution in [3.8, 4) is 0 Å². The number of amidine groups is 1. The average molecular weight is 263 g/mol. The zero-order valence-corrected chi connectivity index (χ0v) is 11.5. The molecule has 0 unspecified atom stereocenters. The van der Waals surface area contributed by atoms with Gasteiger partial charge in [-0.2, -0.15) is 0 Å². The zero-order valence-electron chi connectivity index (χ0n) is 11.5. The fraction of sp³-hybridized carbons (Fsp3) is 0.533. The van der Waals surface area contributed by atoms with E-state index in [1.807, 2.05) is 0 Å². The highest BCUT2D eigenvalue weighted by Gasteiger charge is 2.24. The normalized spacial score (nSPS) is 14.9. The maximum Gasteiger partial charge on any atom is 0.138 e. The van der Waals surface area contributed by atoms with Crippen LogP contribution < -0.4 is 5.73 Å². The average Bonchev–Trinajstić information content (AvgIpc) is 3.15. The summed E-state index contributed by atoms with van der Waals surface area (Å²) in [5, 5.41) is 7.38. The van der Waals surface area contributed by atoms with Gasteiger partial charge in [0, 0.05) is 18.7 Å². The molecule has 4 heteroatoms. The van der Waals surface area contributed by atoms with E-state index in [4.69, 9.17) is 11.1 Å². The van der Waals surface area contributed by atoms with Crippen LogP contribution in [0.15, 0.2) is 18.2 Å². The van der Waals surface area contributed by atoms with Gasteiger partial charge in [0.25, 0.3) is 0 Å². The molecule has 1 aromatic rings. The monoisotopic (exact) mass is 263 g/mol. The van der Waals surface area contributed by atoms with Crippen molar-refractivity contribution in [1.29, 1.82) is 5.41 Å². The third kappa shape index (κ3) is 3.77. The summed E-state index contributed by atoms with van der Waals surface area (Å²) in [7, 11) is 0. The van der Waals surface area contributed by atoms with E-state index in [1.165, 1.54) is 12.8 Å². The lowest BCUT2D eigenvalue weighted by atomic mass is 10.1. The molecule has 0 aromatic heterocycles. The summed E-state index contributed by atoms with van der Waals surface area (Å²) in [5.41, 5.74) is 6.24. The lowest BCUT2D eigenvalue weighted by molar-refractivity contribution is 0.251. The Hall–Kier alpha value is -1.42. The van der Waals surface area contributed by atoms with E-state index in [1.54, 1.807) is 18.2 Å². The van der Waals surface area contributed by atoms with E-state index in [0.717, 1.165) is 25.4 Å². The Bertz CT molecular complexity index is 455. The quantitative estimate of drug-likeness (QED) is 0.587. The second-order valence-corrected chi connectivity index (χ2v) is 5.37. The summed E-state index contributed by atoms with van der Waals surface area (Å²) in [6.07, 6.45) is 3.67. The van der Waals surface area contributed by atoms with Crippen LogP contribution in [0, 0.1) is 17.1 Å². The molecule has 0 heterocycles. The lowest BCUT2D eigenvalue weighted by Gasteiger charge is -2.22. The Kier molecular flexibility index (Phi) is 4.53. The van der Waals surface area contributed by atoms with Crippen LogP contribution in [0.1, 0.15) is 37.3 Å². The summed E-state index contributed by atoms with van der Waals surface area (Å²) in [6.45, 7) is 4.79. The molecule has 104 valence electrons.